The molecule has 1 aliphatic carbocycles. The summed E-state index contributed by atoms with van der Waals surface area (Å²) in [5.41, 5.74) is 8.56. The van der Waals surface area contributed by atoms with Crippen molar-refractivity contribution in [1.82, 2.24) is 10.5 Å². The summed E-state index contributed by atoms with van der Waals surface area (Å²) in [6.07, 6.45) is 3.08. The molecule has 1 atom stereocenters. The second-order valence-electron chi connectivity index (χ2n) is 7.39. The summed E-state index contributed by atoms with van der Waals surface area (Å²) in [6.45, 7) is 1.29. The molecule has 1 heterocycles. The molecule has 1 amide bonds. The van der Waals surface area contributed by atoms with Crippen molar-refractivity contribution in [2.24, 2.45) is 5.73 Å². The smallest absolute Gasteiger partial charge is 0.264 e. The zero-order valence-corrected chi connectivity index (χ0v) is 17.7. The summed E-state index contributed by atoms with van der Waals surface area (Å²) in [4.78, 5) is 16.4. The van der Waals surface area contributed by atoms with E-state index in [1.54, 1.807) is 0 Å². The van der Waals surface area contributed by atoms with Gasteiger partial charge in [-0.2, -0.15) is 0 Å². The van der Waals surface area contributed by atoms with Crippen molar-refractivity contribution in [1.29, 1.82) is 0 Å². The highest BCUT2D eigenvalue weighted by Gasteiger charge is 2.43. The number of fused-ring (bicyclic) bond motifs is 1. The number of carbonyl (C=O) groups is 1. The maximum atomic E-state index is 12.1. The van der Waals surface area contributed by atoms with E-state index in [4.69, 9.17) is 10.9 Å². The van der Waals surface area contributed by atoms with Crippen LogP contribution in [0.25, 0.3) is 10.2 Å². The van der Waals surface area contributed by atoms with Crippen LogP contribution >= 0.6 is 11.3 Å². The van der Waals surface area contributed by atoms with Crippen molar-refractivity contribution in [3.8, 4) is 23.7 Å². The van der Waals surface area contributed by atoms with Gasteiger partial charge in [-0.25, -0.2) is 18.9 Å². The number of benzene rings is 1. The number of carbonyl (C=O) groups excluding carboxylic acids is 1. The minimum absolute atomic E-state index is 0.00113. The number of hydrogen-bond acceptors (Lipinski definition) is 7. The Morgan fingerprint density at radius 3 is 2.76 bits per heavy atom. The van der Waals surface area contributed by atoms with Gasteiger partial charge in [0.15, 0.2) is 9.84 Å². The zero-order valence-electron chi connectivity index (χ0n) is 16.1. The minimum atomic E-state index is -3.74. The lowest BCUT2D eigenvalue weighted by Crippen LogP contribution is -2.49. The van der Waals surface area contributed by atoms with E-state index in [9.17, 15) is 13.2 Å². The molecule has 1 aliphatic rings. The highest BCUT2D eigenvalue weighted by atomic mass is 32.2. The van der Waals surface area contributed by atoms with Crippen molar-refractivity contribution in [2.45, 2.75) is 42.9 Å². The lowest BCUT2D eigenvalue weighted by atomic mass is 10.0. The number of hydroxylamine groups is 1. The van der Waals surface area contributed by atoms with Crippen LogP contribution in [0.15, 0.2) is 18.2 Å². The quantitative estimate of drug-likeness (QED) is 0.373. The molecule has 9 heteroatoms. The van der Waals surface area contributed by atoms with Gasteiger partial charge in [-0.1, -0.05) is 11.8 Å². The second kappa shape index (κ2) is 7.77. The van der Waals surface area contributed by atoms with Gasteiger partial charge < -0.3 is 5.73 Å². The Hall–Kier alpha value is -2.43. The molecular formula is C20H21N3O4S2. The third-order valence-corrected chi connectivity index (χ3v) is 8.12. The molecule has 4 N–H and O–H groups in total. The molecule has 1 fully saturated rings. The van der Waals surface area contributed by atoms with Gasteiger partial charge in [0.2, 0.25) is 0 Å². The molecular weight excluding hydrogens is 410 g/mol. The minimum Gasteiger partial charge on any atom is -0.315 e. The summed E-state index contributed by atoms with van der Waals surface area (Å²) in [5, 5.41) is 9.60. The van der Waals surface area contributed by atoms with Crippen LogP contribution in [0.4, 0.5) is 0 Å². The summed E-state index contributed by atoms with van der Waals surface area (Å²) in [6, 6.07) is 5.58. The number of nitrogens with two attached hydrogens (primary N) is 1. The van der Waals surface area contributed by atoms with Gasteiger partial charge in [0.1, 0.15) is 4.75 Å². The van der Waals surface area contributed by atoms with Crippen molar-refractivity contribution < 1.29 is 18.4 Å². The average molecular weight is 432 g/mol. The Bertz CT molecular complexity index is 1190. The molecule has 0 saturated heterocycles. The fourth-order valence-electron chi connectivity index (χ4n) is 2.61. The van der Waals surface area contributed by atoms with E-state index < -0.39 is 20.5 Å². The van der Waals surface area contributed by atoms with Crippen LogP contribution in [0.1, 0.15) is 36.8 Å². The molecule has 0 aliphatic heterocycles. The topological polar surface area (TPSA) is 122 Å². The molecule has 0 spiro atoms. The highest BCUT2D eigenvalue weighted by Crippen LogP contribution is 2.31. The molecule has 1 aromatic carbocycles. The fourth-order valence-corrected chi connectivity index (χ4v) is 4.47. The molecule has 29 heavy (non-hydrogen) atoms. The SMILES string of the molecule is CC(CCc1nc2ccc(C#CC#CC3(N)CC3)cc2s1)(C(=O)NO)S(C)(=O)=O. The lowest BCUT2D eigenvalue weighted by Gasteiger charge is -2.24. The van der Waals surface area contributed by atoms with E-state index in [1.807, 2.05) is 18.2 Å². The normalized spacial score (nSPS) is 16.7. The largest absolute Gasteiger partial charge is 0.315 e. The predicted octanol–water partition coefficient (Wildman–Crippen LogP) is 1.38. The van der Waals surface area contributed by atoms with Crippen LogP contribution in [0, 0.1) is 23.7 Å². The van der Waals surface area contributed by atoms with Gasteiger partial charge in [-0.3, -0.25) is 10.0 Å². The van der Waals surface area contributed by atoms with Gasteiger partial charge in [0.25, 0.3) is 5.91 Å². The first kappa shape index (κ1) is 21.3. The molecule has 2 aromatic rings. The number of rotatable bonds is 5. The number of hydrogen-bond donors (Lipinski definition) is 3. The third-order valence-electron chi connectivity index (χ3n) is 5.02. The molecule has 3 rings (SSSR count). The molecule has 0 bridgehead atoms. The molecule has 152 valence electrons. The van der Waals surface area contributed by atoms with Gasteiger partial charge in [0, 0.05) is 18.2 Å². The van der Waals surface area contributed by atoms with Crippen LogP contribution in [0.5, 0.6) is 0 Å². The maximum Gasteiger partial charge on any atom is 0.264 e. The number of amides is 1. The summed E-state index contributed by atoms with van der Waals surface area (Å²) < 4.78 is 23.3. The maximum absolute atomic E-state index is 12.1. The Balaban J connectivity index is 1.77. The van der Waals surface area contributed by atoms with Crippen molar-refractivity contribution in [3.05, 3.63) is 28.8 Å². The van der Waals surface area contributed by atoms with E-state index in [2.05, 4.69) is 28.7 Å². The van der Waals surface area contributed by atoms with Crippen LogP contribution in [0.2, 0.25) is 0 Å². The highest BCUT2D eigenvalue weighted by molar-refractivity contribution is 7.92. The van der Waals surface area contributed by atoms with E-state index in [-0.39, 0.29) is 18.4 Å². The van der Waals surface area contributed by atoms with Crippen LogP contribution in [0.3, 0.4) is 0 Å². The third kappa shape index (κ3) is 4.77. The van der Waals surface area contributed by atoms with Gasteiger partial charge in [-0.05, 0) is 56.2 Å². The summed E-state index contributed by atoms with van der Waals surface area (Å²) >= 11 is 1.41. The molecule has 7 nitrogen and oxygen atoms in total. The number of aromatic nitrogens is 1. The number of sulfone groups is 1. The second-order valence-corrected chi connectivity index (χ2v) is 11.0. The van der Waals surface area contributed by atoms with E-state index in [1.165, 1.54) is 23.7 Å². The number of thiazole rings is 1. The van der Waals surface area contributed by atoms with Crippen LogP contribution in [-0.4, -0.2) is 41.1 Å². The first-order valence-corrected chi connectivity index (χ1v) is 11.6. The average Bonchev–Trinajstić information content (AvgIpc) is 3.25. The molecule has 1 saturated carbocycles. The first-order chi connectivity index (χ1) is 13.6. The van der Waals surface area contributed by atoms with E-state index in [0.717, 1.165) is 34.9 Å². The number of aryl methyl sites for hydroxylation is 1. The standard InChI is InChI=1S/C20H21N3O4S2/c1-19(18(24)23-25,29(2,26)27)10-8-17-22-15-7-6-14(13-16(15)28-17)5-3-4-9-20(21)11-12-20/h6-7,13,25H,8,10-12,21H2,1-2H3,(H,23,24). The van der Waals surface area contributed by atoms with Crippen molar-refractivity contribution in [3.63, 3.8) is 0 Å². The molecule has 1 unspecified atom stereocenters. The predicted molar refractivity (Wildman–Crippen MR) is 112 cm³/mol. The Kier molecular flexibility index (Phi) is 5.70. The Labute approximate surface area is 173 Å². The van der Waals surface area contributed by atoms with E-state index >= 15 is 0 Å². The molecule has 1 aromatic heterocycles. The van der Waals surface area contributed by atoms with E-state index in [0.29, 0.717) is 5.01 Å². The fraction of sp³-hybridized carbons (Fsp3) is 0.400. The van der Waals surface area contributed by atoms with Gasteiger partial charge in [0.05, 0.1) is 20.8 Å². The van der Waals surface area contributed by atoms with Crippen molar-refractivity contribution in [2.75, 3.05) is 6.26 Å². The number of nitrogens with zero attached hydrogens (tertiary/aromatic N) is 1. The lowest BCUT2D eigenvalue weighted by molar-refractivity contribution is -0.131. The number of nitrogens with one attached hydrogen (secondary N) is 1. The monoisotopic (exact) mass is 431 g/mol. The van der Waals surface area contributed by atoms with Crippen LogP contribution in [-0.2, 0) is 21.1 Å². The van der Waals surface area contributed by atoms with Crippen molar-refractivity contribution >= 4 is 37.3 Å². The Morgan fingerprint density at radius 2 is 2.14 bits per heavy atom. The van der Waals surface area contributed by atoms with Gasteiger partial charge in [-0.15, -0.1) is 11.3 Å². The summed E-state index contributed by atoms with van der Waals surface area (Å²) in [5.74, 6) is 10.6. The summed E-state index contributed by atoms with van der Waals surface area (Å²) in [7, 11) is -3.74. The Morgan fingerprint density at radius 1 is 1.41 bits per heavy atom. The molecule has 0 radical (unpaired) electrons. The first-order valence-electron chi connectivity index (χ1n) is 8.92. The van der Waals surface area contributed by atoms with Crippen LogP contribution < -0.4 is 11.2 Å². The zero-order chi connectivity index (χ0) is 21.3. The van der Waals surface area contributed by atoms with Gasteiger partial charge >= 0.3 is 0 Å².